The molecule has 0 bridgehead atoms. The van der Waals surface area contributed by atoms with Crippen LogP contribution in [0.25, 0.3) is 0 Å². The smallest absolute Gasteiger partial charge is 0.314 e. The van der Waals surface area contributed by atoms with E-state index in [4.69, 9.17) is 0 Å². The molecule has 4 nitrogen and oxygen atoms in total. The molecule has 0 aromatic heterocycles. The van der Waals surface area contributed by atoms with Crippen molar-refractivity contribution in [1.82, 2.24) is 0 Å². The van der Waals surface area contributed by atoms with Crippen molar-refractivity contribution in [1.29, 1.82) is 0 Å². The molecule has 120 valence electrons. The molecule has 2 atom stereocenters. The number of rotatable bonds is 2. The minimum atomic E-state index is -1.17. The quantitative estimate of drug-likeness (QED) is 0.756. The number of carboxylic acid groups (broad SMARTS) is 2. The number of allylic oxidation sites excluding steroid dienone is 1. The zero-order chi connectivity index (χ0) is 16.9. The lowest BCUT2D eigenvalue weighted by molar-refractivity contribution is -0.161. The Labute approximate surface area is 127 Å². The largest absolute Gasteiger partial charge is 0.481 e. The van der Waals surface area contributed by atoms with E-state index in [9.17, 15) is 19.8 Å². The summed E-state index contributed by atoms with van der Waals surface area (Å²) in [6, 6.07) is 0. The second-order valence-electron chi connectivity index (χ2n) is 8.67. The summed E-state index contributed by atoms with van der Waals surface area (Å²) in [5.74, 6) is -1.86. The van der Waals surface area contributed by atoms with Gasteiger partial charge in [0.15, 0.2) is 0 Å². The Kier molecular flexibility index (Phi) is 4.10. The molecule has 0 aromatic rings. The van der Waals surface area contributed by atoms with Crippen LogP contribution in [0.4, 0.5) is 0 Å². The van der Waals surface area contributed by atoms with Gasteiger partial charge in [-0.15, -0.1) is 0 Å². The molecule has 4 heteroatoms. The maximum Gasteiger partial charge on any atom is 0.314 e. The molecular formula is C17H28O4. The van der Waals surface area contributed by atoms with E-state index in [1.165, 1.54) is 0 Å². The van der Waals surface area contributed by atoms with Crippen LogP contribution in [0.2, 0.25) is 0 Å². The fraction of sp³-hybridized carbons (Fsp3) is 0.765. The highest BCUT2D eigenvalue weighted by molar-refractivity contribution is 5.82. The molecule has 0 aliphatic heterocycles. The van der Waals surface area contributed by atoms with Gasteiger partial charge in [0.05, 0.1) is 10.8 Å². The minimum absolute atomic E-state index is 0.119. The molecule has 0 radical (unpaired) electrons. The Morgan fingerprint density at radius 3 is 1.81 bits per heavy atom. The molecule has 21 heavy (non-hydrogen) atoms. The van der Waals surface area contributed by atoms with Crippen molar-refractivity contribution in [3.8, 4) is 0 Å². The van der Waals surface area contributed by atoms with Crippen molar-refractivity contribution in [2.24, 2.45) is 21.7 Å². The molecule has 1 aliphatic carbocycles. The van der Waals surface area contributed by atoms with Crippen molar-refractivity contribution in [2.45, 2.75) is 61.3 Å². The summed E-state index contributed by atoms with van der Waals surface area (Å²) in [5, 5.41) is 19.5. The Balaban J connectivity index is 3.63. The maximum atomic E-state index is 12.1. The van der Waals surface area contributed by atoms with Gasteiger partial charge >= 0.3 is 11.9 Å². The number of hydrogen-bond donors (Lipinski definition) is 2. The summed E-state index contributed by atoms with van der Waals surface area (Å²) in [6.07, 6.45) is 2.35. The summed E-state index contributed by atoms with van der Waals surface area (Å²) in [4.78, 5) is 23.8. The molecule has 2 N–H and O–H groups in total. The third-order valence-electron chi connectivity index (χ3n) is 4.87. The monoisotopic (exact) mass is 296 g/mol. The minimum Gasteiger partial charge on any atom is -0.481 e. The van der Waals surface area contributed by atoms with E-state index in [-0.39, 0.29) is 11.8 Å². The van der Waals surface area contributed by atoms with Crippen molar-refractivity contribution >= 4 is 11.9 Å². The van der Waals surface area contributed by atoms with Crippen LogP contribution in [-0.4, -0.2) is 22.2 Å². The third-order valence-corrected chi connectivity index (χ3v) is 4.87. The van der Waals surface area contributed by atoms with Gasteiger partial charge < -0.3 is 10.2 Å². The van der Waals surface area contributed by atoms with E-state index < -0.39 is 28.2 Å². The van der Waals surface area contributed by atoms with E-state index >= 15 is 0 Å². The molecule has 0 aromatic carbocycles. The molecule has 0 amide bonds. The van der Waals surface area contributed by atoms with Crippen LogP contribution < -0.4 is 0 Å². The van der Waals surface area contributed by atoms with Gasteiger partial charge in [-0.3, -0.25) is 9.59 Å². The standard InChI is InChI=1S/C17H28O4/c1-14(2,3)11-8-16(7,12(18)19)10-17(9-11,13(20)21)15(4,5)6/h9H,8,10H2,1-7H3,(H,18,19)(H,20,21). The molecule has 2 unspecified atom stereocenters. The molecule has 0 saturated carbocycles. The van der Waals surface area contributed by atoms with Crippen molar-refractivity contribution in [3.05, 3.63) is 11.6 Å². The average Bonchev–Trinajstić information content (AvgIpc) is 2.24. The van der Waals surface area contributed by atoms with Crippen molar-refractivity contribution in [2.75, 3.05) is 0 Å². The first-order valence-corrected chi connectivity index (χ1v) is 7.35. The Hall–Kier alpha value is -1.32. The van der Waals surface area contributed by atoms with Crippen LogP contribution in [0.3, 0.4) is 0 Å². The van der Waals surface area contributed by atoms with Crippen LogP contribution in [0.5, 0.6) is 0 Å². The zero-order valence-electron chi connectivity index (χ0n) is 14.2. The highest BCUT2D eigenvalue weighted by Crippen LogP contribution is 2.56. The lowest BCUT2D eigenvalue weighted by atomic mass is 9.53. The Morgan fingerprint density at radius 2 is 1.52 bits per heavy atom. The van der Waals surface area contributed by atoms with E-state index in [0.717, 1.165) is 5.57 Å². The van der Waals surface area contributed by atoms with Gasteiger partial charge in [-0.05, 0) is 30.6 Å². The fourth-order valence-electron chi connectivity index (χ4n) is 3.07. The lowest BCUT2D eigenvalue weighted by Gasteiger charge is -2.49. The van der Waals surface area contributed by atoms with Crippen LogP contribution in [-0.2, 0) is 9.59 Å². The van der Waals surface area contributed by atoms with Gasteiger partial charge in [0, 0.05) is 0 Å². The third kappa shape index (κ3) is 2.99. The highest BCUT2D eigenvalue weighted by atomic mass is 16.4. The first-order chi connectivity index (χ1) is 9.16. The molecule has 0 spiro atoms. The topological polar surface area (TPSA) is 74.6 Å². The van der Waals surface area contributed by atoms with E-state index in [1.807, 2.05) is 47.6 Å². The van der Waals surface area contributed by atoms with Gasteiger partial charge in [-0.1, -0.05) is 53.2 Å². The first kappa shape index (κ1) is 17.7. The van der Waals surface area contributed by atoms with Gasteiger partial charge in [0.2, 0.25) is 0 Å². The van der Waals surface area contributed by atoms with Crippen molar-refractivity contribution in [3.63, 3.8) is 0 Å². The number of hydrogen-bond acceptors (Lipinski definition) is 2. The van der Waals surface area contributed by atoms with Crippen LogP contribution in [0, 0.1) is 21.7 Å². The normalized spacial score (nSPS) is 30.7. The summed E-state index contributed by atoms with van der Waals surface area (Å²) in [5.41, 5.74) is -2.12. The van der Waals surface area contributed by atoms with E-state index in [1.54, 1.807) is 6.92 Å². The fourth-order valence-corrected chi connectivity index (χ4v) is 3.07. The second kappa shape index (κ2) is 4.85. The summed E-state index contributed by atoms with van der Waals surface area (Å²) in [6.45, 7) is 13.3. The predicted molar refractivity (Wildman–Crippen MR) is 82.0 cm³/mol. The van der Waals surface area contributed by atoms with Gasteiger partial charge in [0.1, 0.15) is 0 Å². The summed E-state index contributed by atoms with van der Waals surface area (Å²) in [7, 11) is 0. The van der Waals surface area contributed by atoms with Crippen LogP contribution >= 0.6 is 0 Å². The lowest BCUT2D eigenvalue weighted by Crippen LogP contribution is -2.50. The average molecular weight is 296 g/mol. The number of carboxylic acids is 2. The van der Waals surface area contributed by atoms with E-state index in [2.05, 4.69) is 0 Å². The molecule has 0 fully saturated rings. The molecule has 0 heterocycles. The highest BCUT2D eigenvalue weighted by Gasteiger charge is 2.56. The van der Waals surface area contributed by atoms with Gasteiger partial charge in [-0.2, -0.15) is 0 Å². The molecular weight excluding hydrogens is 268 g/mol. The summed E-state index contributed by atoms with van der Waals surface area (Å²) >= 11 is 0. The number of aliphatic carboxylic acids is 2. The van der Waals surface area contributed by atoms with Crippen LogP contribution in [0.15, 0.2) is 11.6 Å². The van der Waals surface area contributed by atoms with Crippen LogP contribution in [0.1, 0.15) is 61.3 Å². The second-order valence-corrected chi connectivity index (χ2v) is 8.67. The molecule has 0 saturated heterocycles. The first-order valence-electron chi connectivity index (χ1n) is 7.35. The van der Waals surface area contributed by atoms with Gasteiger partial charge in [-0.25, -0.2) is 0 Å². The Morgan fingerprint density at radius 1 is 1.05 bits per heavy atom. The van der Waals surface area contributed by atoms with E-state index in [0.29, 0.717) is 6.42 Å². The van der Waals surface area contributed by atoms with Gasteiger partial charge in [0.25, 0.3) is 0 Å². The van der Waals surface area contributed by atoms with Crippen molar-refractivity contribution < 1.29 is 19.8 Å². The molecule has 1 aliphatic rings. The predicted octanol–water partition coefficient (Wildman–Crippen LogP) is 3.96. The number of carbonyl (C=O) groups is 2. The molecule has 1 rings (SSSR count). The Bertz CT molecular complexity index is 490. The maximum absolute atomic E-state index is 12.1. The SMILES string of the molecule is CC(C)(C)C1=CC(C(=O)O)(C(C)(C)C)CC(C)(C(=O)O)C1. The summed E-state index contributed by atoms with van der Waals surface area (Å²) < 4.78 is 0. The zero-order valence-corrected chi connectivity index (χ0v) is 14.2.